The number of hydrogen-bond acceptors (Lipinski definition) is 6. The molecule has 1 N–H and O–H groups in total. The van der Waals surface area contributed by atoms with Crippen molar-refractivity contribution in [1.29, 1.82) is 0 Å². The van der Waals surface area contributed by atoms with Crippen molar-refractivity contribution in [2.45, 2.75) is 6.42 Å². The molecule has 3 rings (SSSR count). The zero-order valence-electron chi connectivity index (χ0n) is 12.7. The number of carbonyl (C=O) groups is 2. The fourth-order valence-electron chi connectivity index (χ4n) is 2.16. The highest BCUT2D eigenvalue weighted by molar-refractivity contribution is 6.30. The van der Waals surface area contributed by atoms with Gasteiger partial charge in [-0.3, -0.25) is 15.0 Å². The second-order valence-corrected chi connectivity index (χ2v) is 5.30. The number of benzene rings is 1. The van der Waals surface area contributed by atoms with E-state index in [1.165, 1.54) is 18.2 Å². The number of halogens is 1. The van der Waals surface area contributed by atoms with E-state index in [4.69, 9.17) is 21.1 Å². The summed E-state index contributed by atoms with van der Waals surface area (Å²) in [5.74, 6) is 0.308. The van der Waals surface area contributed by atoms with Gasteiger partial charge in [0.05, 0.1) is 13.3 Å². The Kier molecular flexibility index (Phi) is 4.48. The van der Waals surface area contributed by atoms with Gasteiger partial charge in [-0.25, -0.2) is 9.78 Å². The van der Waals surface area contributed by atoms with Gasteiger partial charge in [0.15, 0.2) is 0 Å². The van der Waals surface area contributed by atoms with Crippen LogP contribution < -0.4 is 19.7 Å². The van der Waals surface area contributed by atoms with Gasteiger partial charge in [0.25, 0.3) is 0 Å². The first-order valence-electron chi connectivity index (χ1n) is 7.02. The number of nitrogens with zero attached hydrogens (tertiary/aromatic N) is 3. The number of imide groups is 1. The van der Waals surface area contributed by atoms with Crippen molar-refractivity contribution in [1.82, 2.24) is 15.3 Å². The molecule has 8 nitrogen and oxygen atoms in total. The molecule has 9 heteroatoms. The van der Waals surface area contributed by atoms with E-state index in [1.54, 1.807) is 24.3 Å². The van der Waals surface area contributed by atoms with Crippen LogP contribution in [0.1, 0.15) is 6.42 Å². The fourth-order valence-corrected chi connectivity index (χ4v) is 2.34. The summed E-state index contributed by atoms with van der Waals surface area (Å²) in [6.45, 7) is 0.221. The molecule has 0 unspecified atom stereocenters. The van der Waals surface area contributed by atoms with Gasteiger partial charge in [-0.15, -0.1) is 0 Å². The predicted molar refractivity (Wildman–Crippen MR) is 85.6 cm³/mol. The summed E-state index contributed by atoms with van der Waals surface area (Å²) < 4.78 is 10.7. The third-order valence-corrected chi connectivity index (χ3v) is 3.49. The molecule has 0 aliphatic carbocycles. The van der Waals surface area contributed by atoms with E-state index in [1.807, 2.05) is 0 Å². The molecule has 1 aromatic carbocycles. The van der Waals surface area contributed by atoms with Crippen LogP contribution in [0.15, 0.2) is 30.5 Å². The van der Waals surface area contributed by atoms with Gasteiger partial charge in [0.2, 0.25) is 11.8 Å². The molecule has 1 saturated heterocycles. The Morgan fingerprint density at radius 3 is 2.88 bits per heavy atom. The molecular formula is C15H13ClN4O4. The summed E-state index contributed by atoms with van der Waals surface area (Å²) in [6, 6.07) is 6.28. The lowest BCUT2D eigenvalue weighted by atomic mass is 10.3. The van der Waals surface area contributed by atoms with E-state index in [-0.39, 0.29) is 30.8 Å². The second-order valence-electron chi connectivity index (χ2n) is 4.86. The maximum Gasteiger partial charge on any atom is 0.328 e. The molecule has 0 saturated carbocycles. The Labute approximate surface area is 142 Å². The van der Waals surface area contributed by atoms with Crippen LogP contribution in [0.4, 0.5) is 10.5 Å². The molecule has 1 aliphatic rings. The largest absolute Gasteiger partial charge is 0.479 e. The summed E-state index contributed by atoms with van der Waals surface area (Å²) >= 11 is 5.90. The average molecular weight is 349 g/mol. The van der Waals surface area contributed by atoms with Gasteiger partial charge in [0, 0.05) is 18.0 Å². The highest BCUT2D eigenvalue weighted by Crippen LogP contribution is 2.30. The minimum absolute atomic E-state index is 0.0476. The van der Waals surface area contributed by atoms with E-state index < -0.39 is 6.03 Å². The van der Waals surface area contributed by atoms with E-state index >= 15 is 0 Å². The molecule has 2 heterocycles. The molecule has 24 heavy (non-hydrogen) atoms. The van der Waals surface area contributed by atoms with E-state index in [9.17, 15) is 9.59 Å². The van der Waals surface area contributed by atoms with Crippen molar-refractivity contribution in [2.75, 3.05) is 18.6 Å². The van der Waals surface area contributed by atoms with Crippen LogP contribution in [-0.4, -0.2) is 35.6 Å². The maximum absolute atomic E-state index is 11.9. The number of ether oxygens (including phenoxy) is 2. The summed E-state index contributed by atoms with van der Waals surface area (Å²) in [6.07, 6.45) is 1.59. The standard InChI is InChI=1S/C15H13ClN4O4/c1-23-13-11(20-6-5-12(21)18-15(20)22)8-17-14(19-13)24-10-4-2-3-9(16)7-10/h2-4,7-8H,5-6H2,1H3,(H,18,21,22). The normalized spacial score (nSPS) is 14.3. The van der Waals surface area contributed by atoms with Gasteiger partial charge >= 0.3 is 12.0 Å². The SMILES string of the molecule is COc1nc(Oc2cccc(Cl)c2)ncc1N1CCC(=O)NC1=O. The molecule has 0 spiro atoms. The molecule has 124 valence electrons. The third kappa shape index (κ3) is 3.38. The van der Waals surface area contributed by atoms with Crippen molar-refractivity contribution < 1.29 is 19.1 Å². The molecule has 1 aliphatic heterocycles. The first kappa shape index (κ1) is 16.0. The zero-order valence-corrected chi connectivity index (χ0v) is 13.4. The number of amides is 3. The summed E-state index contributed by atoms with van der Waals surface area (Å²) in [7, 11) is 1.42. The van der Waals surface area contributed by atoms with Crippen LogP contribution in [-0.2, 0) is 4.79 Å². The number of carbonyl (C=O) groups excluding carboxylic acids is 2. The van der Waals surface area contributed by atoms with Crippen LogP contribution in [0.25, 0.3) is 0 Å². The minimum atomic E-state index is -0.545. The summed E-state index contributed by atoms with van der Waals surface area (Å²) in [5, 5.41) is 2.75. The van der Waals surface area contributed by atoms with E-state index in [0.717, 1.165) is 0 Å². The lowest BCUT2D eigenvalue weighted by molar-refractivity contribution is -0.120. The van der Waals surface area contributed by atoms with Crippen molar-refractivity contribution in [3.8, 4) is 17.6 Å². The van der Waals surface area contributed by atoms with Crippen molar-refractivity contribution >= 4 is 29.2 Å². The number of urea groups is 1. The Hall–Kier alpha value is -2.87. The number of aromatic nitrogens is 2. The lowest BCUT2D eigenvalue weighted by Crippen LogP contribution is -2.49. The van der Waals surface area contributed by atoms with Gasteiger partial charge < -0.3 is 9.47 Å². The van der Waals surface area contributed by atoms with Crippen LogP contribution in [0.3, 0.4) is 0 Å². The topological polar surface area (TPSA) is 93.7 Å². The molecule has 3 amide bonds. The van der Waals surface area contributed by atoms with Crippen molar-refractivity contribution in [2.24, 2.45) is 0 Å². The predicted octanol–water partition coefficient (Wildman–Crippen LogP) is 2.38. The van der Waals surface area contributed by atoms with E-state index in [2.05, 4.69) is 15.3 Å². The van der Waals surface area contributed by atoms with Gasteiger partial charge in [-0.05, 0) is 18.2 Å². The van der Waals surface area contributed by atoms with Gasteiger partial charge in [0.1, 0.15) is 11.4 Å². The lowest BCUT2D eigenvalue weighted by Gasteiger charge is -2.26. The zero-order chi connectivity index (χ0) is 17.1. The smallest absolute Gasteiger partial charge is 0.328 e. The monoisotopic (exact) mass is 348 g/mol. The average Bonchev–Trinajstić information content (AvgIpc) is 2.55. The molecule has 0 atom stereocenters. The second kappa shape index (κ2) is 6.71. The summed E-state index contributed by atoms with van der Waals surface area (Å²) in [4.78, 5) is 32.7. The van der Waals surface area contributed by atoms with Gasteiger partial charge in [-0.1, -0.05) is 17.7 Å². The van der Waals surface area contributed by atoms with Crippen LogP contribution in [0.5, 0.6) is 17.6 Å². The number of nitrogens with one attached hydrogen (secondary N) is 1. The molecule has 2 aromatic rings. The quantitative estimate of drug-likeness (QED) is 0.911. The highest BCUT2D eigenvalue weighted by Gasteiger charge is 2.27. The third-order valence-electron chi connectivity index (χ3n) is 3.26. The number of anilines is 1. The highest BCUT2D eigenvalue weighted by atomic mass is 35.5. The molecule has 1 aromatic heterocycles. The van der Waals surface area contributed by atoms with E-state index in [0.29, 0.717) is 16.5 Å². The fraction of sp³-hybridized carbons (Fsp3) is 0.200. The number of hydrogen-bond donors (Lipinski definition) is 1. The molecule has 1 fully saturated rings. The van der Waals surface area contributed by atoms with Crippen LogP contribution >= 0.6 is 11.6 Å². The van der Waals surface area contributed by atoms with Crippen molar-refractivity contribution in [3.05, 3.63) is 35.5 Å². The Morgan fingerprint density at radius 2 is 2.17 bits per heavy atom. The first-order valence-corrected chi connectivity index (χ1v) is 7.40. The Bertz CT molecular complexity index is 799. The Morgan fingerprint density at radius 1 is 1.33 bits per heavy atom. The van der Waals surface area contributed by atoms with Crippen LogP contribution in [0.2, 0.25) is 5.02 Å². The number of methoxy groups -OCH3 is 1. The molecular weight excluding hydrogens is 336 g/mol. The maximum atomic E-state index is 11.9. The summed E-state index contributed by atoms with van der Waals surface area (Å²) in [5.41, 5.74) is 0.348. The molecule has 0 radical (unpaired) electrons. The molecule has 0 bridgehead atoms. The minimum Gasteiger partial charge on any atom is -0.479 e. The van der Waals surface area contributed by atoms with Crippen molar-refractivity contribution in [3.63, 3.8) is 0 Å². The Balaban J connectivity index is 1.85. The van der Waals surface area contributed by atoms with Gasteiger partial charge in [-0.2, -0.15) is 4.98 Å². The first-order chi connectivity index (χ1) is 11.6. The van der Waals surface area contributed by atoms with Crippen LogP contribution in [0, 0.1) is 0 Å². The number of rotatable bonds is 4.